The standard InChI is InChI=1S/C24H28/c1-2-4-6-11-19(12-7-5-3-1)23-16-10-15-22-17-20-13-8-9-14-21(20)18-24(22)23/h8-10,13-19H,1-7,11-12H2. The molecule has 0 atom stereocenters. The van der Waals surface area contributed by atoms with E-state index in [0.29, 0.717) is 0 Å². The molecule has 0 bridgehead atoms. The van der Waals surface area contributed by atoms with Crippen molar-refractivity contribution >= 4 is 21.5 Å². The van der Waals surface area contributed by atoms with Crippen molar-refractivity contribution < 1.29 is 0 Å². The molecular formula is C24H28. The van der Waals surface area contributed by atoms with Gasteiger partial charge < -0.3 is 0 Å². The van der Waals surface area contributed by atoms with Gasteiger partial charge in [-0.1, -0.05) is 87.4 Å². The van der Waals surface area contributed by atoms with E-state index in [2.05, 4.69) is 54.6 Å². The van der Waals surface area contributed by atoms with Gasteiger partial charge in [-0.25, -0.2) is 0 Å². The molecule has 0 heterocycles. The van der Waals surface area contributed by atoms with E-state index in [1.165, 1.54) is 79.3 Å². The summed E-state index contributed by atoms with van der Waals surface area (Å²) in [6.45, 7) is 0. The second kappa shape index (κ2) is 7.38. The summed E-state index contributed by atoms with van der Waals surface area (Å²) in [4.78, 5) is 0. The SMILES string of the molecule is c1ccc2cc3c(C4CCCCCCCCC4)cccc3cc2c1. The van der Waals surface area contributed by atoms with Crippen molar-refractivity contribution in [1.82, 2.24) is 0 Å². The Morgan fingerprint density at radius 2 is 1.12 bits per heavy atom. The van der Waals surface area contributed by atoms with Crippen LogP contribution in [0.4, 0.5) is 0 Å². The van der Waals surface area contributed by atoms with E-state index in [1.54, 1.807) is 5.56 Å². The van der Waals surface area contributed by atoms with Crippen LogP contribution in [-0.2, 0) is 0 Å². The highest BCUT2D eigenvalue weighted by atomic mass is 14.2. The van der Waals surface area contributed by atoms with E-state index in [-0.39, 0.29) is 0 Å². The topological polar surface area (TPSA) is 0 Å². The zero-order chi connectivity index (χ0) is 16.2. The van der Waals surface area contributed by atoms with Gasteiger partial charge in [-0.2, -0.15) is 0 Å². The lowest BCUT2D eigenvalue weighted by Gasteiger charge is -2.21. The molecule has 4 rings (SSSR count). The molecule has 0 unspecified atom stereocenters. The number of hydrogen-bond donors (Lipinski definition) is 0. The highest BCUT2D eigenvalue weighted by Gasteiger charge is 2.15. The number of fused-ring (bicyclic) bond motifs is 2. The average molecular weight is 316 g/mol. The van der Waals surface area contributed by atoms with Crippen LogP contribution in [0.3, 0.4) is 0 Å². The van der Waals surface area contributed by atoms with Gasteiger partial charge in [0.2, 0.25) is 0 Å². The predicted octanol–water partition coefficient (Wildman–Crippen LogP) is 7.60. The van der Waals surface area contributed by atoms with Gasteiger partial charge in [-0.15, -0.1) is 0 Å². The highest BCUT2D eigenvalue weighted by molar-refractivity contribution is 5.99. The van der Waals surface area contributed by atoms with Gasteiger partial charge in [-0.05, 0) is 58.0 Å². The van der Waals surface area contributed by atoms with E-state index >= 15 is 0 Å². The van der Waals surface area contributed by atoms with Crippen LogP contribution in [0.15, 0.2) is 54.6 Å². The van der Waals surface area contributed by atoms with Gasteiger partial charge in [0.15, 0.2) is 0 Å². The van der Waals surface area contributed by atoms with Gasteiger partial charge >= 0.3 is 0 Å². The first-order valence-electron chi connectivity index (χ1n) is 9.83. The molecule has 1 fully saturated rings. The van der Waals surface area contributed by atoms with E-state index < -0.39 is 0 Å². The van der Waals surface area contributed by atoms with Crippen LogP contribution in [-0.4, -0.2) is 0 Å². The monoisotopic (exact) mass is 316 g/mol. The number of benzene rings is 3. The van der Waals surface area contributed by atoms with Crippen LogP contribution in [0.25, 0.3) is 21.5 Å². The smallest absolute Gasteiger partial charge is 0.0143 e. The van der Waals surface area contributed by atoms with E-state index in [9.17, 15) is 0 Å². The summed E-state index contributed by atoms with van der Waals surface area (Å²) in [5, 5.41) is 5.62. The lowest BCUT2D eigenvalue weighted by molar-refractivity contribution is 0.464. The molecule has 0 heteroatoms. The van der Waals surface area contributed by atoms with Crippen molar-refractivity contribution in [2.75, 3.05) is 0 Å². The summed E-state index contributed by atoms with van der Waals surface area (Å²) in [5.74, 6) is 0.743. The van der Waals surface area contributed by atoms with Gasteiger partial charge in [-0.3, -0.25) is 0 Å². The molecule has 0 N–H and O–H groups in total. The summed E-state index contributed by atoms with van der Waals surface area (Å²) < 4.78 is 0. The fourth-order valence-corrected chi connectivity index (χ4v) is 4.47. The number of rotatable bonds is 1. The minimum Gasteiger partial charge on any atom is -0.0616 e. The Labute approximate surface area is 145 Å². The molecule has 1 saturated carbocycles. The van der Waals surface area contributed by atoms with Crippen molar-refractivity contribution in [3.63, 3.8) is 0 Å². The highest BCUT2D eigenvalue weighted by Crippen LogP contribution is 2.35. The first-order valence-corrected chi connectivity index (χ1v) is 9.83. The lowest BCUT2D eigenvalue weighted by Crippen LogP contribution is -2.02. The largest absolute Gasteiger partial charge is 0.0616 e. The van der Waals surface area contributed by atoms with Crippen LogP contribution < -0.4 is 0 Å². The van der Waals surface area contributed by atoms with Gasteiger partial charge in [0.05, 0.1) is 0 Å². The van der Waals surface area contributed by atoms with Gasteiger partial charge in [0.1, 0.15) is 0 Å². The Morgan fingerprint density at radius 1 is 0.542 bits per heavy atom. The summed E-state index contributed by atoms with van der Waals surface area (Å²) >= 11 is 0. The molecule has 0 aromatic heterocycles. The second-order valence-electron chi connectivity index (χ2n) is 7.52. The molecule has 124 valence electrons. The molecule has 0 amide bonds. The molecule has 0 spiro atoms. The fourth-order valence-electron chi connectivity index (χ4n) is 4.47. The van der Waals surface area contributed by atoms with Crippen molar-refractivity contribution in [3.8, 4) is 0 Å². The zero-order valence-corrected chi connectivity index (χ0v) is 14.6. The fraction of sp³-hybridized carbons (Fsp3) is 0.417. The van der Waals surface area contributed by atoms with Crippen molar-refractivity contribution in [2.24, 2.45) is 0 Å². The summed E-state index contributed by atoms with van der Waals surface area (Å²) in [6.07, 6.45) is 12.7. The first-order chi connectivity index (χ1) is 11.9. The summed E-state index contributed by atoms with van der Waals surface area (Å²) in [6, 6.07) is 20.5. The Kier molecular flexibility index (Phi) is 4.83. The zero-order valence-electron chi connectivity index (χ0n) is 14.6. The molecule has 1 aliphatic rings. The molecule has 0 radical (unpaired) electrons. The lowest BCUT2D eigenvalue weighted by atomic mass is 9.84. The van der Waals surface area contributed by atoms with Crippen LogP contribution in [0.1, 0.15) is 69.3 Å². The van der Waals surface area contributed by atoms with E-state index in [0.717, 1.165) is 5.92 Å². The van der Waals surface area contributed by atoms with Crippen molar-refractivity contribution in [2.45, 2.75) is 63.7 Å². The van der Waals surface area contributed by atoms with E-state index in [4.69, 9.17) is 0 Å². The third kappa shape index (κ3) is 3.34. The van der Waals surface area contributed by atoms with E-state index in [1.807, 2.05) is 0 Å². The van der Waals surface area contributed by atoms with Crippen molar-refractivity contribution in [1.29, 1.82) is 0 Å². The Morgan fingerprint density at radius 3 is 1.83 bits per heavy atom. The maximum atomic E-state index is 2.43. The Hall–Kier alpha value is -1.82. The minimum atomic E-state index is 0.743. The maximum absolute atomic E-state index is 2.43. The molecule has 24 heavy (non-hydrogen) atoms. The van der Waals surface area contributed by atoms with Gasteiger partial charge in [0, 0.05) is 0 Å². The third-order valence-electron chi connectivity index (χ3n) is 5.83. The Balaban J connectivity index is 1.74. The summed E-state index contributed by atoms with van der Waals surface area (Å²) in [7, 11) is 0. The van der Waals surface area contributed by atoms with Crippen LogP contribution in [0, 0.1) is 0 Å². The predicted molar refractivity (Wildman–Crippen MR) is 106 cm³/mol. The van der Waals surface area contributed by atoms with Crippen LogP contribution in [0.2, 0.25) is 0 Å². The number of hydrogen-bond acceptors (Lipinski definition) is 0. The third-order valence-corrected chi connectivity index (χ3v) is 5.83. The van der Waals surface area contributed by atoms with Crippen LogP contribution in [0.5, 0.6) is 0 Å². The molecule has 3 aromatic rings. The maximum Gasteiger partial charge on any atom is -0.0143 e. The van der Waals surface area contributed by atoms with Gasteiger partial charge in [0.25, 0.3) is 0 Å². The minimum absolute atomic E-state index is 0.743. The summed E-state index contributed by atoms with van der Waals surface area (Å²) in [5.41, 5.74) is 1.60. The Bertz CT molecular complexity index is 805. The molecular weight excluding hydrogens is 288 g/mol. The van der Waals surface area contributed by atoms with Crippen molar-refractivity contribution in [3.05, 3.63) is 60.2 Å². The molecule has 0 aliphatic heterocycles. The molecule has 1 aliphatic carbocycles. The first kappa shape index (κ1) is 15.7. The molecule has 0 saturated heterocycles. The quantitative estimate of drug-likeness (QED) is 0.405. The second-order valence-corrected chi connectivity index (χ2v) is 7.52. The average Bonchev–Trinajstić information content (AvgIpc) is 2.64. The van der Waals surface area contributed by atoms with Crippen LogP contribution >= 0.6 is 0 Å². The normalized spacial score (nSPS) is 18.0. The molecule has 0 nitrogen and oxygen atoms in total. The molecule has 3 aromatic carbocycles.